The molecule has 2 atom stereocenters. The van der Waals surface area contributed by atoms with Crippen LogP contribution in [0.3, 0.4) is 0 Å². The summed E-state index contributed by atoms with van der Waals surface area (Å²) in [6.45, 7) is 2.27. The van der Waals surface area contributed by atoms with Crippen molar-refractivity contribution in [3.05, 3.63) is 59.6 Å². The van der Waals surface area contributed by atoms with Crippen LogP contribution >= 0.6 is 11.3 Å². The largest absolute Gasteiger partial charge is 0.493 e. The van der Waals surface area contributed by atoms with E-state index in [9.17, 15) is 5.11 Å². The Morgan fingerprint density at radius 3 is 2.67 bits per heavy atom. The Labute approximate surface area is 180 Å². The summed E-state index contributed by atoms with van der Waals surface area (Å²) < 4.78 is 16.7. The number of aliphatic hydroxyl groups is 1. The molecule has 30 heavy (non-hydrogen) atoms. The van der Waals surface area contributed by atoms with Crippen molar-refractivity contribution in [1.29, 1.82) is 0 Å². The minimum Gasteiger partial charge on any atom is -0.493 e. The van der Waals surface area contributed by atoms with E-state index in [-0.39, 0.29) is 6.10 Å². The molecular formula is C23H26N2O4S. The summed E-state index contributed by atoms with van der Waals surface area (Å²) in [5.41, 5.74) is 1.14. The number of benzene rings is 2. The molecule has 7 heteroatoms. The highest BCUT2D eigenvalue weighted by Crippen LogP contribution is 2.32. The summed E-state index contributed by atoms with van der Waals surface area (Å²) >= 11 is 1.71. The van der Waals surface area contributed by atoms with Gasteiger partial charge in [0.15, 0.2) is 11.5 Å². The van der Waals surface area contributed by atoms with Crippen LogP contribution in [0.25, 0.3) is 10.6 Å². The van der Waals surface area contributed by atoms with Crippen LogP contribution in [0.1, 0.15) is 11.3 Å². The first-order valence-corrected chi connectivity index (χ1v) is 10.8. The fraction of sp³-hybridized carbons (Fsp3) is 0.348. The maximum absolute atomic E-state index is 10.5. The summed E-state index contributed by atoms with van der Waals surface area (Å²) in [6, 6.07) is 15.7. The van der Waals surface area contributed by atoms with Crippen molar-refractivity contribution in [2.45, 2.75) is 25.2 Å². The Morgan fingerprint density at radius 1 is 1.10 bits per heavy atom. The number of rotatable bonds is 7. The lowest BCUT2D eigenvalue weighted by Crippen LogP contribution is -2.49. The monoisotopic (exact) mass is 426 g/mol. The number of aliphatic hydroxyl groups excluding tert-OH is 1. The van der Waals surface area contributed by atoms with Gasteiger partial charge in [-0.1, -0.05) is 30.3 Å². The molecule has 158 valence electrons. The summed E-state index contributed by atoms with van der Waals surface area (Å²) in [5.74, 6) is 1.91. The molecule has 3 aromatic rings. The molecule has 0 bridgehead atoms. The van der Waals surface area contributed by atoms with Gasteiger partial charge in [-0.05, 0) is 18.6 Å². The van der Waals surface area contributed by atoms with Crippen LogP contribution in [0.5, 0.6) is 17.2 Å². The second-order valence-electron chi connectivity index (χ2n) is 7.26. The van der Waals surface area contributed by atoms with Gasteiger partial charge in [0.2, 0.25) is 0 Å². The highest BCUT2D eigenvalue weighted by molar-refractivity contribution is 7.15. The molecule has 0 aliphatic carbocycles. The van der Waals surface area contributed by atoms with Gasteiger partial charge in [0.25, 0.3) is 0 Å². The normalized spacial score (nSPS) is 19.4. The van der Waals surface area contributed by atoms with E-state index in [0.29, 0.717) is 30.2 Å². The van der Waals surface area contributed by atoms with Crippen molar-refractivity contribution in [2.24, 2.45) is 0 Å². The molecule has 1 aliphatic rings. The third-order valence-corrected chi connectivity index (χ3v) is 6.24. The Morgan fingerprint density at radius 2 is 1.90 bits per heavy atom. The second-order valence-corrected chi connectivity index (χ2v) is 8.38. The van der Waals surface area contributed by atoms with Crippen LogP contribution in [-0.4, -0.2) is 54.5 Å². The Balaban J connectivity index is 1.41. The molecule has 0 unspecified atom stereocenters. The molecule has 0 radical (unpaired) electrons. The maximum atomic E-state index is 10.5. The smallest absolute Gasteiger partial charge is 0.164 e. The van der Waals surface area contributed by atoms with Crippen molar-refractivity contribution >= 4 is 11.3 Å². The molecule has 0 spiro atoms. The van der Waals surface area contributed by atoms with E-state index < -0.39 is 6.10 Å². The summed E-state index contributed by atoms with van der Waals surface area (Å²) in [5, 5.41) is 11.5. The molecule has 1 saturated heterocycles. The average Bonchev–Trinajstić information content (AvgIpc) is 3.25. The summed E-state index contributed by atoms with van der Waals surface area (Å²) in [6.07, 6.45) is 1.80. The second kappa shape index (κ2) is 9.47. The number of hydrogen-bond acceptors (Lipinski definition) is 7. The maximum Gasteiger partial charge on any atom is 0.164 e. The van der Waals surface area contributed by atoms with E-state index in [2.05, 4.69) is 22.0 Å². The van der Waals surface area contributed by atoms with Gasteiger partial charge in [0.1, 0.15) is 16.9 Å². The van der Waals surface area contributed by atoms with E-state index in [4.69, 9.17) is 14.2 Å². The van der Waals surface area contributed by atoms with E-state index >= 15 is 0 Å². The van der Waals surface area contributed by atoms with Gasteiger partial charge in [-0.15, -0.1) is 11.3 Å². The van der Waals surface area contributed by atoms with Crippen LogP contribution in [0.4, 0.5) is 0 Å². The zero-order valence-corrected chi connectivity index (χ0v) is 18.0. The van der Waals surface area contributed by atoms with Crippen LogP contribution in [0, 0.1) is 0 Å². The molecule has 2 aromatic carbocycles. The Kier molecular flexibility index (Phi) is 6.52. The first-order chi connectivity index (χ1) is 14.7. The van der Waals surface area contributed by atoms with Crippen molar-refractivity contribution < 1.29 is 19.3 Å². The third-order valence-electron chi connectivity index (χ3n) is 5.20. The number of nitrogens with zero attached hydrogens (tertiary/aromatic N) is 2. The SMILES string of the molecule is COc1ccc(O[C@@H]2CN(Cc3cnc(-c4ccccc4)s3)CC[C@H]2O)cc1OC. The fourth-order valence-electron chi connectivity index (χ4n) is 3.61. The van der Waals surface area contributed by atoms with Gasteiger partial charge in [0, 0.05) is 42.3 Å². The zero-order valence-electron chi connectivity index (χ0n) is 17.2. The van der Waals surface area contributed by atoms with E-state index in [0.717, 1.165) is 23.7 Å². The minimum atomic E-state index is -0.504. The lowest BCUT2D eigenvalue weighted by atomic mass is 10.0. The van der Waals surface area contributed by atoms with Crippen molar-refractivity contribution in [2.75, 3.05) is 27.3 Å². The molecular weight excluding hydrogens is 400 g/mol. The van der Waals surface area contributed by atoms with Gasteiger partial charge in [-0.3, -0.25) is 4.90 Å². The van der Waals surface area contributed by atoms with Crippen molar-refractivity contribution in [3.63, 3.8) is 0 Å². The first-order valence-electron chi connectivity index (χ1n) is 9.95. The molecule has 2 heterocycles. The number of thiazole rings is 1. The molecule has 0 saturated carbocycles. The van der Waals surface area contributed by atoms with Gasteiger partial charge in [-0.2, -0.15) is 0 Å². The molecule has 0 amide bonds. The Hall–Kier alpha value is -2.61. The predicted molar refractivity (Wildman–Crippen MR) is 117 cm³/mol. The number of piperidine rings is 1. The van der Waals surface area contributed by atoms with Gasteiger partial charge >= 0.3 is 0 Å². The van der Waals surface area contributed by atoms with E-state index in [1.54, 1.807) is 31.6 Å². The van der Waals surface area contributed by atoms with Crippen molar-refractivity contribution in [3.8, 4) is 27.8 Å². The fourth-order valence-corrected chi connectivity index (χ4v) is 4.57. The van der Waals surface area contributed by atoms with Gasteiger partial charge in [0.05, 0.1) is 20.3 Å². The molecule has 1 N–H and O–H groups in total. The summed E-state index contributed by atoms with van der Waals surface area (Å²) in [4.78, 5) is 8.08. The molecule has 1 fully saturated rings. The van der Waals surface area contributed by atoms with E-state index in [1.165, 1.54) is 4.88 Å². The lowest BCUT2D eigenvalue weighted by Gasteiger charge is -2.36. The predicted octanol–water partition coefficient (Wildman–Crippen LogP) is 3.84. The van der Waals surface area contributed by atoms with Gasteiger partial charge in [-0.25, -0.2) is 4.98 Å². The molecule has 4 rings (SSSR count). The summed E-state index contributed by atoms with van der Waals surface area (Å²) in [7, 11) is 3.20. The van der Waals surface area contributed by atoms with E-state index in [1.807, 2.05) is 36.5 Å². The number of ether oxygens (including phenoxy) is 3. The van der Waals surface area contributed by atoms with Crippen LogP contribution in [0.15, 0.2) is 54.7 Å². The minimum absolute atomic E-state index is 0.307. The number of methoxy groups -OCH3 is 2. The van der Waals surface area contributed by atoms with Gasteiger partial charge < -0.3 is 19.3 Å². The Bertz CT molecular complexity index is 963. The topological polar surface area (TPSA) is 64.1 Å². The first kappa shape index (κ1) is 20.7. The molecule has 1 aliphatic heterocycles. The highest BCUT2D eigenvalue weighted by Gasteiger charge is 2.30. The number of aromatic nitrogens is 1. The standard InChI is InChI=1S/C23H26N2O4S/c1-27-20-9-8-17(12-21(20)28-2)29-22-15-25(11-10-19(22)26)14-18-13-24-23(30-18)16-6-4-3-5-7-16/h3-9,12-13,19,22,26H,10-11,14-15H2,1-2H3/t19-,22-/m1/s1. The number of likely N-dealkylation sites (tertiary alicyclic amines) is 1. The van der Waals surface area contributed by atoms with Crippen LogP contribution in [0.2, 0.25) is 0 Å². The molecule has 6 nitrogen and oxygen atoms in total. The van der Waals surface area contributed by atoms with Crippen LogP contribution in [-0.2, 0) is 6.54 Å². The highest BCUT2D eigenvalue weighted by atomic mass is 32.1. The third kappa shape index (κ3) is 4.75. The van der Waals surface area contributed by atoms with Crippen LogP contribution < -0.4 is 14.2 Å². The lowest BCUT2D eigenvalue weighted by molar-refractivity contribution is -0.0266. The molecule has 1 aromatic heterocycles. The quantitative estimate of drug-likeness (QED) is 0.619. The zero-order chi connectivity index (χ0) is 20.9. The average molecular weight is 427 g/mol. The van der Waals surface area contributed by atoms with Crippen molar-refractivity contribution in [1.82, 2.24) is 9.88 Å². The number of hydrogen-bond donors (Lipinski definition) is 1.